The van der Waals surface area contributed by atoms with E-state index in [2.05, 4.69) is 15.2 Å². The van der Waals surface area contributed by atoms with Crippen molar-refractivity contribution in [2.45, 2.75) is 0 Å². The van der Waals surface area contributed by atoms with Gasteiger partial charge in [0.05, 0.1) is 6.07 Å². The fraction of sp³-hybridized carbons (Fsp3) is 0.182. The molecule has 3 rings (SSSR count). The van der Waals surface area contributed by atoms with Crippen molar-refractivity contribution >= 4 is 17.0 Å². The number of furan rings is 1. The molecule has 0 saturated carbocycles. The van der Waals surface area contributed by atoms with Crippen molar-refractivity contribution in [2.24, 2.45) is 14.1 Å². The highest BCUT2D eigenvalue weighted by Crippen LogP contribution is 2.23. The highest BCUT2D eigenvalue weighted by molar-refractivity contribution is 5.70. The highest BCUT2D eigenvalue weighted by atomic mass is 16.6. The lowest BCUT2D eigenvalue weighted by Gasteiger charge is -2.05. The van der Waals surface area contributed by atoms with E-state index in [0.29, 0.717) is 0 Å². The molecule has 0 aromatic carbocycles. The average Bonchev–Trinajstić information content (AvgIpc) is 3.00. The van der Waals surface area contributed by atoms with Crippen molar-refractivity contribution in [3.63, 3.8) is 0 Å². The van der Waals surface area contributed by atoms with Gasteiger partial charge in [0.2, 0.25) is 5.82 Å². The molecule has 0 N–H and O–H groups in total. The van der Waals surface area contributed by atoms with Gasteiger partial charge in [-0.25, -0.2) is 9.78 Å². The molecule has 3 heterocycles. The lowest BCUT2D eigenvalue weighted by Crippen LogP contribution is -2.37. The first kappa shape index (κ1) is 13.6. The maximum absolute atomic E-state index is 12.1. The van der Waals surface area contributed by atoms with Crippen molar-refractivity contribution in [3.8, 4) is 11.6 Å². The van der Waals surface area contributed by atoms with Gasteiger partial charge in [0, 0.05) is 14.1 Å². The number of hydrogen-bond donors (Lipinski definition) is 0. The van der Waals surface area contributed by atoms with Crippen LogP contribution in [0.1, 0.15) is 0 Å². The van der Waals surface area contributed by atoms with Crippen LogP contribution in [0.3, 0.4) is 0 Å². The van der Waals surface area contributed by atoms with E-state index in [1.54, 1.807) is 0 Å². The van der Waals surface area contributed by atoms with E-state index in [0.717, 1.165) is 15.2 Å². The lowest BCUT2D eigenvalue weighted by atomic mass is 10.4. The van der Waals surface area contributed by atoms with Crippen LogP contribution in [0, 0.1) is 10.1 Å². The Labute approximate surface area is 120 Å². The van der Waals surface area contributed by atoms with Crippen molar-refractivity contribution in [2.75, 3.05) is 0 Å². The molecule has 0 amide bonds. The smallest absolute Gasteiger partial charge is 0.397 e. The third-order valence-electron chi connectivity index (χ3n) is 3.06. The Kier molecular flexibility index (Phi) is 2.83. The quantitative estimate of drug-likeness (QED) is 0.460. The third kappa shape index (κ3) is 1.87. The SMILES string of the molecule is Cn1c(=O)c2nc(-c3ccc([N+](=O)[O-])o3)nnc2n(C)c1=O. The topological polar surface area (TPSA) is 139 Å². The van der Waals surface area contributed by atoms with Crippen molar-refractivity contribution < 1.29 is 9.34 Å². The van der Waals surface area contributed by atoms with E-state index in [4.69, 9.17) is 4.42 Å². The molecule has 0 bridgehead atoms. The monoisotopic (exact) mass is 304 g/mol. The Morgan fingerprint density at radius 3 is 2.55 bits per heavy atom. The number of hydrogen-bond acceptors (Lipinski definition) is 8. The number of aromatic nitrogens is 5. The highest BCUT2D eigenvalue weighted by Gasteiger charge is 2.18. The van der Waals surface area contributed by atoms with Gasteiger partial charge in [0.15, 0.2) is 16.9 Å². The first-order valence-electron chi connectivity index (χ1n) is 5.95. The van der Waals surface area contributed by atoms with Crippen LogP contribution in [0.4, 0.5) is 5.88 Å². The molecule has 11 heteroatoms. The zero-order valence-corrected chi connectivity index (χ0v) is 11.4. The Bertz CT molecular complexity index is 1030. The Morgan fingerprint density at radius 2 is 1.91 bits per heavy atom. The van der Waals surface area contributed by atoms with Gasteiger partial charge in [-0.1, -0.05) is 0 Å². The molecule has 0 unspecified atom stereocenters. The number of rotatable bonds is 2. The second-order valence-corrected chi connectivity index (χ2v) is 4.41. The summed E-state index contributed by atoms with van der Waals surface area (Å²) in [5.41, 5.74) is -1.28. The minimum Gasteiger partial charge on any atom is -0.397 e. The molecule has 3 aromatic rings. The van der Waals surface area contributed by atoms with E-state index in [1.165, 1.54) is 20.2 Å². The fourth-order valence-electron chi connectivity index (χ4n) is 1.90. The van der Waals surface area contributed by atoms with Crippen LogP contribution >= 0.6 is 0 Å². The summed E-state index contributed by atoms with van der Waals surface area (Å²) >= 11 is 0. The fourth-order valence-corrected chi connectivity index (χ4v) is 1.90. The van der Waals surface area contributed by atoms with Crippen LogP contribution < -0.4 is 11.2 Å². The van der Waals surface area contributed by atoms with E-state index in [1.807, 2.05) is 0 Å². The molecular weight excluding hydrogens is 296 g/mol. The normalized spacial score (nSPS) is 11.0. The van der Waals surface area contributed by atoms with Gasteiger partial charge >= 0.3 is 11.6 Å². The first-order valence-corrected chi connectivity index (χ1v) is 5.95. The first-order chi connectivity index (χ1) is 10.4. The van der Waals surface area contributed by atoms with Crippen LogP contribution in [0.15, 0.2) is 26.1 Å². The van der Waals surface area contributed by atoms with Gasteiger partial charge in [0.1, 0.15) is 4.92 Å². The van der Waals surface area contributed by atoms with Gasteiger partial charge < -0.3 is 4.42 Å². The summed E-state index contributed by atoms with van der Waals surface area (Å²) in [6, 6.07) is 2.44. The van der Waals surface area contributed by atoms with Crippen LogP contribution in [-0.4, -0.2) is 29.2 Å². The molecule has 0 atom stereocenters. The minimum absolute atomic E-state index is 0.00277. The Hall–Kier alpha value is -3.37. The molecule has 0 radical (unpaired) electrons. The standard InChI is InChI=1S/C11H8N6O5/c1-15-9-7(10(18)16(2)11(15)19)12-8(13-14-9)5-3-4-6(22-5)17(20)21/h3-4H,1-2H3. The summed E-state index contributed by atoms with van der Waals surface area (Å²) in [5, 5.41) is 18.1. The molecule has 0 aliphatic rings. The van der Waals surface area contributed by atoms with Crippen molar-refractivity contribution in [1.29, 1.82) is 0 Å². The zero-order valence-electron chi connectivity index (χ0n) is 11.4. The van der Waals surface area contributed by atoms with E-state index in [-0.39, 0.29) is 22.7 Å². The maximum Gasteiger partial charge on any atom is 0.433 e. The predicted octanol–water partition coefficient (Wildman–Crippen LogP) is -0.410. The van der Waals surface area contributed by atoms with E-state index < -0.39 is 22.1 Å². The lowest BCUT2D eigenvalue weighted by molar-refractivity contribution is -0.401. The number of fused-ring (bicyclic) bond motifs is 1. The molecule has 3 aromatic heterocycles. The summed E-state index contributed by atoms with van der Waals surface area (Å²) in [4.78, 5) is 37.7. The van der Waals surface area contributed by atoms with Gasteiger partial charge in [-0.05, 0) is 6.07 Å². The molecule has 11 nitrogen and oxygen atoms in total. The second-order valence-electron chi connectivity index (χ2n) is 4.41. The zero-order chi connectivity index (χ0) is 16.0. The molecule has 0 aliphatic carbocycles. The number of aryl methyl sites for hydroxylation is 1. The molecule has 0 saturated heterocycles. The van der Waals surface area contributed by atoms with E-state index >= 15 is 0 Å². The summed E-state index contributed by atoms with van der Waals surface area (Å²) in [5.74, 6) is -0.569. The predicted molar refractivity (Wildman–Crippen MR) is 72.2 cm³/mol. The second kappa shape index (κ2) is 4.58. The van der Waals surface area contributed by atoms with Gasteiger partial charge in [0.25, 0.3) is 5.56 Å². The summed E-state index contributed by atoms with van der Waals surface area (Å²) < 4.78 is 6.97. The van der Waals surface area contributed by atoms with Gasteiger partial charge in [-0.15, -0.1) is 10.2 Å². The molecule has 0 aliphatic heterocycles. The van der Waals surface area contributed by atoms with Crippen LogP contribution in [0.25, 0.3) is 22.7 Å². The number of nitro groups is 1. The van der Waals surface area contributed by atoms with Crippen LogP contribution in [0.5, 0.6) is 0 Å². The third-order valence-corrected chi connectivity index (χ3v) is 3.06. The van der Waals surface area contributed by atoms with Gasteiger partial charge in [-0.2, -0.15) is 0 Å². The van der Waals surface area contributed by atoms with Crippen molar-refractivity contribution in [3.05, 3.63) is 43.1 Å². The Morgan fingerprint density at radius 1 is 1.18 bits per heavy atom. The molecule has 22 heavy (non-hydrogen) atoms. The average molecular weight is 304 g/mol. The molecule has 0 spiro atoms. The Balaban J connectivity index is 2.28. The van der Waals surface area contributed by atoms with Gasteiger partial charge in [-0.3, -0.25) is 24.0 Å². The maximum atomic E-state index is 12.1. The number of nitrogens with zero attached hydrogens (tertiary/aromatic N) is 6. The minimum atomic E-state index is -0.708. The molecule has 112 valence electrons. The van der Waals surface area contributed by atoms with Crippen LogP contribution in [-0.2, 0) is 14.1 Å². The van der Waals surface area contributed by atoms with Crippen molar-refractivity contribution in [1.82, 2.24) is 24.3 Å². The largest absolute Gasteiger partial charge is 0.433 e. The summed E-state index contributed by atoms with van der Waals surface area (Å²) in [6.45, 7) is 0. The van der Waals surface area contributed by atoms with E-state index in [9.17, 15) is 19.7 Å². The molecule has 0 fully saturated rings. The van der Waals surface area contributed by atoms with Crippen LogP contribution in [0.2, 0.25) is 0 Å². The summed E-state index contributed by atoms with van der Waals surface area (Å²) in [7, 11) is 2.74. The summed E-state index contributed by atoms with van der Waals surface area (Å²) in [6.07, 6.45) is 0. The molecular formula is C11H8N6O5.